The maximum atomic E-state index is 9.68. The molecule has 0 rings (SSSR count). The molecule has 0 aliphatic rings. The molecule has 0 amide bonds. The Morgan fingerprint density at radius 2 is 2.14 bits per heavy atom. The molecule has 0 radical (unpaired) electrons. The molecule has 0 aromatic rings. The first-order valence-electron chi connectivity index (χ1n) is 2.00. The van der Waals surface area contributed by atoms with Crippen molar-refractivity contribution < 1.29 is 24.0 Å². The van der Waals surface area contributed by atoms with Crippen molar-refractivity contribution in [1.29, 1.82) is 0 Å². The zero-order chi connectivity index (χ0) is 4.99. The third-order valence-electron chi connectivity index (χ3n) is 0.529. The summed E-state index contributed by atoms with van der Waals surface area (Å²) in [6.45, 7) is 5.39. The van der Waals surface area contributed by atoms with E-state index in [-0.39, 0.29) is 25.5 Å². The molecular weight excluding hydrogens is 83.0 g/mol. The zero-order valence-electron chi connectivity index (χ0n) is 5.03. The first-order chi connectivity index (χ1) is 2.77. The summed E-state index contributed by atoms with van der Waals surface area (Å²) >= 11 is 0. The molecule has 0 aliphatic heterocycles. The van der Waals surface area contributed by atoms with Gasteiger partial charge < -0.3 is 5.11 Å². The van der Waals surface area contributed by atoms with Crippen molar-refractivity contribution in [3.63, 3.8) is 0 Å². The first-order valence-corrected chi connectivity index (χ1v) is 2.00. The molecule has 36 valence electrons. The largest absolute Gasteiger partial charge is 1.00 e. The van der Waals surface area contributed by atoms with Crippen LogP contribution in [0.3, 0.4) is 0 Å². The van der Waals surface area contributed by atoms with E-state index < -0.39 is 0 Å². The fourth-order valence-electron chi connectivity index (χ4n) is 0.174. The third kappa shape index (κ3) is 10.7. The normalized spacial score (nSPS) is 7.14. The van der Waals surface area contributed by atoms with Crippen LogP contribution in [-0.2, 0) is 0 Å². The Bertz CT molecular complexity index is 52.0. The van der Waals surface area contributed by atoms with Crippen LogP contribution in [-0.4, -0.2) is 6.61 Å². The SMILES string of the molecule is C=C(C)CC[O-].[Li+]. The van der Waals surface area contributed by atoms with Gasteiger partial charge in [0.1, 0.15) is 0 Å². The molecule has 0 unspecified atom stereocenters. The molecule has 0 N–H and O–H groups in total. The molecular formula is C5H9LiO. The van der Waals surface area contributed by atoms with Crippen LogP contribution in [0.5, 0.6) is 0 Å². The van der Waals surface area contributed by atoms with E-state index in [2.05, 4.69) is 6.58 Å². The fraction of sp³-hybridized carbons (Fsp3) is 0.600. The summed E-state index contributed by atoms with van der Waals surface area (Å²) in [6, 6.07) is 0. The second-order valence-corrected chi connectivity index (χ2v) is 1.41. The summed E-state index contributed by atoms with van der Waals surface area (Å²) in [5.41, 5.74) is 0.977. The predicted molar refractivity (Wildman–Crippen MR) is 24.3 cm³/mol. The average Bonchev–Trinajstić information content (AvgIpc) is 1.35. The maximum Gasteiger partial charge on any atom is 1.00 e. The van der Waals surface area contributed by atoms with Crippen molar-refractivity contribution in [2.75, 3.05) is 6.61 Å². The molecule has 0 saturated heterocycles. The van der Waals surface area contributed by atoms with Gasteiger partial charge >= 0.3 is 18.9 Å². The first kappa shape index (κ1) is 10.3. The maximum absolute atomic E-state index is 9.68. The Labute approximate surface area is 56.6 Å². The van der Waals surface area contributed by atoms with Crippen LogP contribution in [0.2, 0.25) is 0 Å². The van der Waals surface area contributed by atoms with Gasteiger partial charge in [0, 0.05) is 0 Å². The molecule has 0 heterocycles. The van der Waals surface area contributed by atoms with Gasteiger partial charge in [-0.3, -0.25) is 0 Å². The second kappa shape index (κ2) is 6.30. The van der Waals surface area contributed by atoms with Crippen LogP contribution in [0.4, 0.5) is 0 Å². The van der Waals surface area contributed by atoms with E-state index in [4.69, 9.17) is 0 Å². The van der Waals surface area contributed by atoms with Crippen molar-refractivity contribution >= 4 is 0 Å². The minimum Gasteiger partial charge on any atom is -0.854 e. The Balaban J connectivity index is 0. The molecule has 0 atom stereocenters. The van der Waals surface area contributed by atoms with Gasteiger partial charge in [-0.05, 0) is 13.3 Å². The molecule has 0 saturated carbocycles. The molecule has 0 aromatic heterocycles. The predicted octanol–water partition coefficient (Wildman–Crippen LogP) is -2.68. The molecule has 2 heteroatoms. The Morgan fingerprint density at radius 1 is 1.71 bits per heavy atom. The molecule has 0 spiro atoms. The summed E-state index contributed by atoms with van der Waals surface area (Å²) in [5.74, 6) is 0. The van der Waals surface area contributed by atoms with Crippen molar-refractivity contribution in [2.24, 2.45) is 0 Å². The van der Waals surface area contributed by atoms with E-state index in [1.165, 1.54) is 0 Å². The molecule has 1 nitrogen and oxygen atoms in total. The monoisotopic (exact) mass is 92.1 g/mol. The number of hydrogen-bond acceptors (Lipinski definition) is 1. The average molecular weight is 92.1 g/mol. The van der Waals surface area contributed by atoms with E-state index in [0.29, 0.717) is 6.42 Å². The van der Waals surface area contributed by atoms with E-state index in [1.54, 1.807) is 0 Å². The summed E-state index contributed by atoms with van der Waals surface area (Å²) in [7, 11) is 0. The van der Waals surface area contributed by atoms with E-state index in [9.17, 15) is 5.11 Å². The number of hydrogen-bond donors (Lipinski definition) is 0. The minimum atomic E-state index is -0.0185. The molecule has 0 aliphatic carbocycles. The van der Waals surface area contributed by atoms with Gasteiger partial charge in [-0.15, -0.1) is 13.2 Å². The van der Waals surface area contributed by atoms with Crippen molar-refractivity contribution in [1.82, 2.24) is 0 Å². The van der Waals surface area contributed by atoms with E-state index >= 15 is 0 Å². The summed E-state index contributed by atoms with van der Waals surface area (Å²) < 4.78 is 0. The van der Waals surface area contributed by atoms with Crippen LogP contribution in [0, 0.1) is 0 Å². The van der Waals surface area contributed by atoms with Gasteiger partial charge in [0.25, 0.3) is 0 Å². The molecule has 7 heavy (non-hydrogen) atoms. The number of rotatable bonds is 2. The molecule has 0 aromatic carbocycles. The van der Waals surface area contributed by atoms with E-state index in [0.717, 1.165) is 5.57 Å². The van der Waals surface area contributed by atoms with Crippen molar-refractivity contribution in [3.05, 3.63) is 12.2 Å². The summed E-state index contributed by atoms with van der Waals surface area (Å²) in [4.78, 5) is 0. The van der Waals surface area contributed by atoms with Crippen LogP contribution < -0.4 is 24.0 Å². The smallest absolute Gasteiger partial charge is 0.854 e. The van der Waals surface area contributed by atoms with Crippen LogP contribution in [0.25, 0.3) is 0 Å². The van der Waals surface area contributed by atoms with Gasteiger partial charge in [0.15, 0.2) is 0 Å². The summed E-state index contributed by atoms with van der Waals surface area (Å²) in [6.07, 6.45) is 0.625. The van der Waals surface area contributed by atoms with Crippen molar-refractivity contribution in [3.8, 4) is 0 Å². The third-order valence-corrected chi connectivity index (χ3v) is 0.529. The second-order valence-electron chi connectivity index (χ2n) is 1.41. The quantitative estimate of drug-likeness (QED) is 0.269. The Hall–Kier alpha value is 0.297. The van der Waals surface area contributed by atoms with Crippen LogP contribution in [0.1, 0.15) is 13.3 Å². The van der Waals surface area contributed by atoms with Crippen molar-refractivity contribution in [2.45, 2.75) is 13.3 Å². The topological polar surface area (TPSA) is 23.1 Å². The Morgan fingerprint density at radius 3 is 2.14 bits per heavy atom. The van der Waals surface area contributed by atoms with Gasteiger partial charge in [0.2, 0.25) is 0 Å². The summed E-state index contributed by atoms with van der Waals surface area (Å²) in [5, 5.41) is 9.68. The standard InChI is InChI=1S/C5H9O.Li/c1-5(2)3-4-6;/h1,3-4H2,2H3;/q-1;+1. The van der Waals surface area contributed by atoms with Gasteiger partial charge in [-0.25, -0.2) is 0 Å². The van der Waals surface area contributed by atoms with Gasteiger partial charge in [0.05, 0.1) is 0 Å². The van der Waals surface area contributed by atoms with Gasteiger partial charge in [-0.2, -0.15) is 0 Å². The van der Waals surface area contributed by atoms with Crippen LogP contribution >= 0.6 is 0 Å². The fourth-order valence-corrected chi connectivity index (χ4v) is 0.174. The molecule has 0 bridgehead atoms. The molecule has 0 fully saturated rings. The van der Waals surface area contributed by atoms with Gasteiger partial charge in [-0.1, -0.05) is 5.57 Å². The van der Waals surface area contributed by atoms with Crippen LogP contribution in [0.15, 0.2) is 12.2 Å². The van der Waals surface area contributed by atoms with E-state index in [1.807, 2.05) is 6.92 Å². The zero-order valence-corrected chi connectivity index (χ0v) is 5.03. The Kier molecular flexibility index (Phi) is 9.28. The minimum absolute atomic E-state index is 0.